The van der Waals surface area contributed by atoms with E-state index in [4.69, 9.17) is 10.2 Å². The highest BCUT2D eigenvalue weighted by molar-refractivity contribution is 7.12. The van der Waals surface area contributed by atoms with Crippen LogP contribution < -0.4 is 5.32 Å². The lowest BCUT2D eigenvalue weighted by Gasteiger charge is -2.06. The normalized spacial score (nSPS) is 12.1. The van der Waals surface area contributed by atoms with Crippen molar-refractivity contribution >= 4 is 23.2 Å². The van der Waals surface area contributed by atoms with Gasteiger partial charge < -0.3 is 15.5 Å². The molecule has 0 aliphatic heterocycles. The van der Waals surface area contributed by atoms with Crippen LogP contribution in [0, 0.1) is 6.92 Å². The highest BCUT2D eigenvalue weighted by Crippen LogP contribution is 2.14. The van der Waals surface area contributed by atoms with Gasteiger partial charge in [-0.3, -0.25) is 4.79 Å². The van der Waals surface area contributed by atoms with Gasteiger partial charge in [0.1, 0.15) is 0 Å². The van der Waals surface area contributed by atoms with E-state index in [1.165, 1.54) is 11.3 Å². The largest absolute Gasteiger partial charge is 0.479 e. The topological polar surface area (TPSA) is 86.6 Å². The third kappa shape index (κ3) is 3.03. The Labute approximate surface area is 90.4 Å². The van der Waals surface area contributed by atoms with Crippen LogP contribution in [0.5, 0.6) is 0 Å². The minimum absolute atomic E-state index is 0.286. The molecule has 0 fully saturated rings. The summed E-state index contributed by atoms with van der Waals surface area (Å²) in [6.45, 7) is 1.50. The number of carbonyl (C=O) groups is 2. The molecule has 0 aromatic carbocycles. The summed E-state index contributed by atoms with van der Waals surface area (Å²) in [7, 11) is 0. The lowest BCUT2D eigenvalue weighted by molar-refractivity contribution is -0.146. The molecule has 1 aromatic rings. The predicted octanol–water partition coefficient (Wildman–Crippen LogP) is 0.232. The number of thiophene rings is 1. The Balaban J connectivity index is 2.51. The van der Waals surface area contributed by atoms with Crippen molar-refractivity contribution in [2.24, 2.45) is 0 Å². The highest BCUT2D eigenvalue weighted by Gasteiger charge is 2.16. The van der Waals surface area contributed by atoms with Crippen LogP contribution in [0.4, 0.5) is 0 Å². The van der Waals surface area contributed by atoms with Crippen LogP contribution >= 0.6 is 11.3 Å². The quantitative estimate of drug-likeness (QED) is 0.690. The molecule has 1 aromatic heterocycles. The zero-order valence-electron chi connectivity index (χ0n) is 8.06. The van der Waals surface area contributed by atoms with Gasteiger partial charge in [0.15, 0.2) is 6.10 Å². The molecule has 0 aliphatic carbocycles. The zero-order valence-corrected chi connectivity index (χ0v) is 8.87. The van der Waals surface area contributed by atoms with Crippen LogP contribution in [0.2, 0.25) is 0 Å². The number of aliphatic hydroxyl groups excluding tert-OH is 1. The van der Waals surface area contributed by atoms with Gasteiger partial charge in [-0.25, -0.2) is 4.79 Å². The van der Waals surface area contributed by atoms with Crippen molar-refractivity contribution in [3.63, 3.8) is 0 Å². The van der Waals surface area contributed by atoms with Crippen LogP contribution in [0.3, 0.4) is 0 Å². The van der Waals surface area contributed by atoms with Gasteiger partial charge in [0.25, 0.3) is 5.91 Å². The molecule has 1 atom stereocenters. The Morgan fingerprint density at radius 1 is 1.60 bits per heavy atom. The molecule has 5 nitrogen and oxygen atoms in total. The number of rotatable bonds is 4. The summed E-state index contributed by atoms with van der Waals surface area (Å²) in [6, 6.07) is 1.80. The third-order valence-electron chi connectivity index (χ3n) is 1.81. The van der Waals surface area contributed by atoms with Gasteiger partial charge in [-0.2, -0.15) is 0 Å². The first-order chi connectivity index (χ1) is 7.02. The number of carbonyl (C=O) groups excluding carboxylic acids is 1. The Kier molecular flexibility index (Phi) is 3.81. The molecule has 6 heteroatoms. The van der Waals surface area contributed by atoms with Crippen molar-refractivity contribution in [2.75, 3.05) is 6.54 Å². The van der Waals surface area contributed by atoms with Crippen LogP contribution in [0.25, 0.3) is 0 Å². The van der Waals surface area contributed by atoms with Gasteiger partial charge in [-0.1, -0.05) is 0 Å². The molecular formula is C9H11NO4S. The van der Waals surface area contributed by atoms with Crippen molar-refractivity contribution in [3.05, 3.63) is 21.9 Å². The number of aliphatic carboxylic acids is 1. The van der Waals surface area contributed by atoms with Crippen LogP contribution in [0.15, 0.2) is 11.4 Å². The number of aryl methyl sites for hydroxylation is 1. The van der Waals surface area contributed by atoms with Gasteiger partial charge in [0.05, 0.1) is 11.4 Å². The predicted molar refractivity (Wildman–Crippen MR) is 55.0 cm³/mol. The molecule has 0 radical (unpaired) electrons. The minimum Gasteiger partial charge on any atom is -0.479 e. The second-order valence-corrected chi connectivity index (χ2v) is 3.91. The van der Waals surface area contributed by atoms with E-state index in [1.54, 1.807) is 18.4 Å². The van der Waals surface area contributed by atoms with Crippen LogP contribution in [-0.2, 0) is 4.79 Å². The lowest BCUT2D eigenvalue weighted by Crippen LogP contribution is -2.36. The fraction of sp³-hybridized carbons (Fsp3) is 0.333. The molecule has 3 N–H and O–H groups in total. The summed E-state index contributed by atoms with van der Waals surface area (Å²) in [5.74, 6) is -1.71. The molecule has 0 aliphatic rings. The smallest absolute Gasteiger partial charge is 0.334 e. The molecule has 1 rings (SSSR count). The average Bonchev–Trinajstić information content (AvgIpc) is 2.60. The van der Waals surface area contributed by atoms with Gasteiger partial charge >= 0.3 is 5.97 Å². The molecule has 82 valence electrons. The number of amides is 1. The molecule has 0 saturated heterocycles. The maximum Gasteiger partial charge on any atom is 0.334 e. The number of nitrogens with one attached hydrogen (secondary N) is 1. The first-order valence-electron chi connectivity index (χ1n) is 4.25. The number of aliphatic hydroxyl groups is 1. The molecule has 0 unspecified atom stereocenters. The van der Waals surface area contributed by atoms with E-state index in [9.17, 15) is 9.59 Å². The summed E-state index contributed by atoms with van der Waals surface area (Å²) < 4.78 is 0. The van der Waals surface area contributed by atoms with Crippen molar-refractivity contribution in [3.8, 4) is 0 Å². The van der Waals surface area contributed by atoms with E-state index < -0.39 is 12.1 Å². The fourth-order valence-corrected chi connectivity index (χ4v) is 1.80. The Hall–Kier alpha value is -1.40. The lowest BCUT2D eigenvalue weighted by atomic mass is 10.3. The highest BCUT2D eigenvalue weighted by atomic mass is 32.1. The molecule has 1 amide bonds. The first-order valence-corrected chi connectivity index (χ1v) is 5.13. The summed E-state index contributed by atoms with van der Waals surface area (Å²) in [6.07, 6.45) is -1.56. The minimum atomic E-state index is -1.56. The Morgan fingerprint density at radius 3 is 2.73 bits per heavy atom. The van der Waals surface area contributed by atoms with Crippen LogP contribution in [-0.4, -0.2) is 34.7 Å². The molecule has 15 heavy (non-hydrogen) atoms. The first kappa shape index (κ1) is 11.7. The van der Waals surface area contributed by atoms with Crippen molar-refractivity contribution in [1.29, 1.82) is 0 Å². The fourth-order valence-electron chi connectivity index (χ4n) is 0.962. The van der Waals surface area contributed by atoms with E-state index in [0.29, 0.717) is 4.88 Å². The molecule has 0 bridgehead atoms. The molecular weight excluding hydrogens is 218 g/mol. The third-order valence-corrected chi connectivity index (χ3v) is 2.82. The summed E-state index contributed by atoms with van der Waals surface area (Å²) in [5, 5.41) is 21.4. The van der Waals surface area contributed by atoms with E-state index in [2.05, 4.69) is 5.32 Å². The molecule has 0 spiro atoms. The van der Waals surface area contributed by atoms with Gasteiger partial charge in [-0.05, 0) is 23.9 Å². The standard InChI is InChI=1S/C9H11NO4S/c1-5-2-3-15-7(5)8(12)10-4-6(11)9(13)14/h2-3,6,11H,4H2,1H3,(H,10,12)(H,13,14)/t6-/m0/s1. The van der Waals surface area contributed by atoms with Gasteiger partial charge in [0, 0.05) is 0 Å². The summed E-state index contributed by atoms with van der Waals surface area (Å²) in [4.78, 5) is 22.3. The Morgan fingerprint density at radius 2 is 2.27 bits per heavy atom. The number of hydrogen-bond donors (Lipinski definition) is 3. The second kappa shape index (κ2) is 4.90. The van der Waals surface area contributed by atoms with E-state index in [-0.39, 0.29) is 12.5 Å². The number of carboxylic acid groups (broad SMARTS) is 1. The monoisotopic (exact) mass is 229 g/mol. The molecule has 1 heterocycles. The summed E-state index contributed by atoms with van der Waals surface area (Å²) in [5.41, 5.74) is 0.835. The van der Waals surface area contributed by atoms with E-state index >= 15 is 0 Å². The number of carboxylic acids is 1. The van der Waals surface area contributed by atoms with Crippen molar-refractivity contribution in [2.45, 2.75) is 13.0 Å². The SMILES string of the molecule is Cc1ccsc1C(=O)NC[C@H](O)C(=O)O. The maximum absolute atomic E-state index is 11.4. The van der Waals surface area contributed by atoms with Crippen LogP contribution in [0.1, 0.15) is 15.2 Å². The van der Waals surface area contributed by atoms with Crippen molar-refractivity contribution in [1.82, 2.24) is 5.32 Å². The summed E-state index contributed by atoms with van der Waals surface area (Å²) >= 11 is 1.28. The average molecular weight is 229 g/mol. The van der Waals surface area contributed by atoms with E-state index in [0.717, 1.165) is 5.56 Å². The Bertz CT molecular complexity index is 374. The second-order valence-electron chi connectivity index (χ2n) is 3.00. The number of hydrogen-bond acceptors (Lipinski definition) is 4. The zero-order chi connectivity index (χ0) is 11.4. The van der Waals surface area contributed by atoms with Crippen molar-refractivity contribution < 1.29 is 19.8 Å². The van der Waals surface area contributed by atoms with Gasteiger partial charge in [-0.15, -0.1) is 11.3 Å². The molecule has 0 saturated carbocycles. The maximum atomic E-state index is 11.4. The van der Waals surface area contributed by atoms with E-state index in [1.807, 2.05) is 0 Å². The van der Waals surface area contributed by atoms with Gasteiger partial charge in [0.2, 0.25) is 0 Å².